The fourth-order valence-corrected chi connectivity index (χ4v) is 1.30. The molecule has 0 amide bonds. The lowest BCUT2D eigenvalue weighted by Crippen LogP contribution is -2.43. The number of rotatable bonds is 6. The number of esters is 1. The van der Waals surface area contributed by atoms with Gasteiger partial charge in [0.15, 0.2) is 12.6 Å². The van der Waals surface area contributed by atoms with E-state index >= 15 is 0 Å². The van der Waals surface area contributed by atoms with Gasteiger partial charge in [0, 0.05) is 0 Å². The predicted octanol–water partition coefficient (Wildman–Crippen LogP) is 1.32. The van der Waals surface area contributed by atoms with Gasteiger partial charge in [0.2, 0.25) is 0 Å². The first-order valence-electron chi connectivity index (χ1n) is 6.40. The number of aliphatic hydroxyl groups is 1. The van der Waals surface area contributed by atoms with Crippen molar-refractivity contribution in [1.82, 2.24) is 0 Å². The molecule has 1 N–H and O–H groups in total. The minimum absolute atomic E-state index is 0.00280. The third kappa shape index (κ3) is 6.24. The van der Waals surface area contributed by atoms with Crippen molar-refractivity contribution in [3.63, 3.8) is 0 Å². The predicted molar refractivity (Wildman–Crippen MR) is 74.1 cm³/mol. The summed E-state index contributed by atoms with van der Waals surface area (Å²) in [5.74, 6) is -1.25. The Morgan fingerprint density at radius 3 is 2.15 bits per heavy atom. The van der Waals surface area contributed by atoms with Gasteiger partial charge in [0.05, 0.1) is 6.61 Å². The Balaban J connectivity index is 0.000000367. The van der Waals surface area contributed by atoms with Crippen molar-refractivity contribution in [3.8, 4) is 0 Å². The summed E-state index contributed by atoms with van der Waals surface area (Å²) in [4.78, 5) is 30.6. The summed E-state index contributed by atoms with van der Waals surface area (Å²) in [5, 5.41) is 8.82. The standard InChI is InChI=1S/C9H12.C6H8O5/c1-2-6-9-7-4-3-5-8-9;1-2-11-5(9)6(10,3-7)4-8/h3-5,7-8H,2,6H2,1H3;3-4,10H,2H2,1H3. The van der Waals surface area contributed by atoms with E-state index in [1.807, 2.05) is 0 Å². The van der Waals surface area contributed by atoms with E-state index in [1.165, 1.54) is 25.3 Å². The van der Waals surface area contributed by atoms with Gasteiger partial charge in [-0.2, -0.15) is 0 Å². The number of aryl methyl sites for hydroxylation is 1. The number of ether oxygens (including phenoxy) is 1. The summed E-state index contributed by atoms with van der Waals surface area (Å²) in [7, 11) is 0. The number of benzene rings is 1. The Bertz CT molecular complexity index is 406. The molecular formula is C15H20O5. The van der Waals surface area contributed by atoms with Crippen molar-refractivity contribution in [2.24, 2.45) is 0 Å². The van der Waals surface area contributed by atoms with Crippen LogP contribution in [0.1, 0.15) is 25.8 Å². The number of hydrogen-bond acceptors (Lipinski definition) is 5. The van der Waals surface area contributed by atoms with Crippen molar-refractivity contribution in [1.29, 1.82) is 0 Å². The van der Waals surface area contributed by atoms with E-state index in [2.05, 4.69) is 42.0 Å². The molecule has 1 aromatic rings. The van der Waals surface area contributed by atoms with Crippen molar-refractivity contribution >= 4 is 18.5 Å². The number of hydrogen-bond donors (Lipinski definition) is 1. The zero-order chi connectivity index (χ0) is 15.4. The Labute approximate surface area is 118 Å². The molecule has 0 atom stereocenters. The van der Waals surface area contributed by atoms with E-state index in [4.69, 9.17) is 5.11 Å². The normalized spacial score (nSPS) is 9.95. The molecule has 1 rings (SSSR count). The Hall–Kier alpha value is -2.01. The van der Waals surface area contributed by atoms with Crippen LogP contribution in [0.5, 0.6) is 0 Å². The average molecular weight is 280 g/mol. The third-order valence-electron chi connectivity index (χ3n) is 2.34. The molecule has 0 aromatic heterocycles. The second-order valence-electron chi connectivity index (χ2n) is 4.02. The molecule has 0 aliphatic rings. The molecule has 1 aromatic carbocycles. The van der Waals surface area contributed by atoms with E-state index in [0.29, 0.717) is 0 Å². The molecule has 0 saturated carbocycles. The molecule has 0 saturated heterocycles. The molecule has 0 fully saturated rings. The van der Waals surface area contributed by atoms with E-state index in [9.17, 15) is 14.4 Å². The van der Waals surface area contributed by atoms with Crippen molar-refractivity contribution in [3.05, 3.63) is 35.9 Å². The summed E-state index contributed by atoms with van der Waals surface area (Å²) < 4.78 is 4.24. The summed E-state index contributed by atoms with van der Waals surface area (Å²) in [5.41, 5.74) is -1.18. The molecule has 0 bridgehead atoms. The van der Waals surface area contributed by atoms with Crippen molar-refractivity contribution in [2.75, 3.05) is 6.61 Å². The molecule has 0 unspecified atom stereocenters. The van der Waals surface area contributed by atoms with Crippen LogP contribution in [0.15, 0.2) is 30.3 Å². The van der Waals surface area contributed by atoms with Crippen LogP contribution in [0.3, 0.4) is 0 Å². The minimum atomic E-state index is -2.63. The van der Waals surface area contributed by atoms with Gasteiger partial charge in [-0.1, -0.05) is 43.7 Å². The van der Waals surface area contributed by atoms with Gasteiger partial charge >= 0.3 is 5.97 Å². The minimum Gasteiger partial charge on any atom is -0.463 e. The molecule has 110 valence electrons. The smallest absolute Gasteiger partial charge is 0.353 e. The molecule has 5 nitrogen and oxygen atoms in total. The molecular weight excluding hydrogens is 260 g/mol. The highest BCUT2D eigenvalue weighted by Gasteiger charge is 2.37. The highest BCUT2D eigenvalue weighted by atomic mass is 16.5. The molecule has 0 aliphatic heterocycles. The van der Waals surface area contributed by atoms with Crippen LogP contribution < -0.4 is 0 Å². The molecule has 0 heterocycles. The fourth-order valence-electron chi connectivity index (χ4n) is 1.30. The Morgan fingerprint density at radius 1 is 1.20 bits per heavy atom. The first kappa shape index (κ1) is 18.0. The highest BCUT2D eigenvalue weighted by molar-refractivity contribution is 6.11. The van der Waals surface area contributed by atoms with Gasteiger partial charge in [-0.25, -0.2) is 4.79 Å². The lowest BCUT2D eigenvalue weighted by molar-refractivity contribution is -0.166. The van der Waals surface area contributed by atoms with E-state index < -0.39 is 11.6 Å². The van der Waals surface area contributed by atoms with Gasteiger partial charge < -0.3 is 9.84 Å². The van der Waals surface area contributed by atoms with Crippen molar-refractivity contribution in [2.45, 2.75) is 32.3 Å². The number of aldehydes is 2. The van der Waals surface area contributed by atoms with E-state index in [0.717, 1.165) is 0 Å². The Kier molecular flexibility index (Phi) is 8.87. The topological polar surface area (TPSA) is 80.7 Å². The molecule has 5 heteroatoms. The van der Waals surface area contributed by atoms with E-state index in [1.54, 1.807) is 0 Å². The van der Waals surface area contributed by atoms with Gasteiger partial charge in [-0.15, -0.1) is 0 Å². The molecule has 20 heavy (non-hydrogen) atoms. The highest BCUT2D eigenvalue weighted by Crippen LogP contribution is 2.00. The zero-order valence-electron chi connectivity index (χ0n) is 11.7. The maximum atomic E-state index is 10.6. The van der Waals surface area contributed by atoms with Crippen molar-refractivity contribution < 1.29 is 24.2 Å². The van der Waals surface area contributed by atoms with Gasteiger partial charge in [0.25, 0.3) is 5.60 Å². The lowest BCUT2D eigenvalue weighted by atomic mass is 10.1. The maximum Gasteiger partial charge on any atom is 0.353 e. The quantitative estimate of drug-likeness (QED) is 0.483. The van der Waals surface area contributed by atoms with Gasteiger partial charge in [-0.3, -0.25) is 9.59 Å². The second-order valence-corrected chi connectivity index (χ2v) is 4.02. The first-order valence-corrected chi connectivity index (χ1v) is 6.40. The van der Waals surface area contributed by atoms with Crippen LogP contribution in [-0.4, -0.2) is 35.9 Å². The first-order chi connectivity index (χ1) is 9.53. The second kappa shape index (κ2) is 9.86. The average Bonchev–Trinajstić information content (AvgIpc) is 2.49. The number of carbonyl (C=O) groups excluding carboxylic acids is 3. The zero-order valence-corrected chi connectivity index (χ0v) is 11.7. The SMILES string of the molecule is CCCc1ccccc1.CCOC(=O)C(O)(C=O)C=O. The summed E-state index contributed by atoms with van der Waals surface area (Å²) in [6.45, 7) is 3.70. The summed E-state index contributed by atoms with van der Waals surface area (Å²) in [6.07, 6.45) is 2.11. The number of carbonyl (C=O) groups is 3. The van der Waals surface area contributed by atoms with Crippen LogP contribution in [0, 0.1) is 0 Å². The summed E-state index contributed by atoms with van der Waals surface area (Å²) >= 11 is 0. The molecule has 0 spiro atoms. The summed E-state index contributed by atoms with van der Waals surface area (Å²) in [6, 6.07) is 10.6. The fraction of sp³-hybridized carbons (Fsp3) is 0.400. The van der Waals surface area contributed by atoms with Crippen LogP contribution in [0.2, 0.25) is 0 Å². The molecule has 0 radical (unpaired) electrons. The third-order valence-corrected chi connectivity index (χ3v) is 2.34. The van der Waals surface area contributed by atoms with Crippen LogP contribution >= 0.6 is 0 Å². The van der Waals surface area contributed by atoms with Crippen LogP contribution in [0.4, 0.5) is 0 Å². The van der Waals surface area contributed by atoms with E-state index in [-0.39, 0.29) is 19.2 Å². The lowest BCUT2D eigenvalue weighted by Gasteiger charge is -2.10. The molecule has 0 aliphatic carbocycles. The van der Waals surface area contributed by atoms with Crippen LogP contribution in [0.25, 0.3) is 0 Å². The van der Waals surface area contributed by atoms with Gasteiger partial charge in [-0.05, 0) is 18.9 Å². The Morgan fingerprint density at radius 2 is 1.75 bits per heavy atom. The largest absolute Gasteiger partial charge is 0.463 e. The monoisotopic (exact) mass is 280 g/mol. The van der Waals surface area contributed by atoms with Gasteiger partial charge in [0.1, 0.15) is 0 Å². The maximum absolute atomic E-state index is 10.6. The van der Waals surface area contributed by atoms with Crippen LogP contribution in [-0.2, 0) is 25.5 Å².